The molecule has 1 aromatic carbocycles. The van der Waals surface area contributed by atoms with E-state index in [-0.39, 0.29) is 17.8 Å². The van der Waals surface area contributed by atoms with E-state index >= 15 is 0 Å². The molecule has 39 heavy (non-hydrogen) atoms. The molecule has 0 unspecified atom stereocenters. The number of carbonyl (C=O) groups is 2. The van der Waals surface area contributed by atoms with Crippen LogP contribution in [0.3, 0.4) is 0 Å². The molecule has 5 rings (SSSR count). The molecule has 0 radical (unpaired) electrons. The number of pyridine rings is 1. The Morgan fingerprint density at radius 3 is 2.46 bits per heavy atom. The summed E-state index contributed by atoms with van der Waals surface area (Å²) in [5.41, 5.74) is 11.1. The van der Waals surface area contributed by atoms with E-state index < -0.39 is 0 Å². The van der Waals surface area contributed by atoms with Crippen LogP contribution < -0.4 is 16.0 Å². The number of benzene rings is 1. The van der Waals surface area contributed by atoms with Crippen LogP contribution in [-0.4, -0.2) is 71.1 Å². The molecular formula is C29H31N7O3. The largest absolute Gasteiger partial charge is 0.378 e. The summed E-state index contributed by atoms with van der Waals surface area (Å²) >= 11 is 0. The summed E-state index contributed by atoms with van der Waals surface area (Å²) in [6.07, 6.45) is 7.76. The van der Waals surface area contributed by atoms with Crippen LogP contribution >= 0.6 is 0 Å². The predicted molar refractivity (Wildman–Crippen MR) is 151 cm³/mol. The van der Waals surface area contributed by atoms with Crippen molar-refractivity contribution in [1.82, 2.24) is 19.9 Å². The second-order valence-electron chi connectivity index (χ2n) is 9.41. The van der Waals surface area contributed by atoms with Crippen molar-refractivity contribution in [2.75, 3.05) is 55.3 Å². The molecule has 10 heteroatoms. The highest BCUT2D eigenvalue weighted by molar-refractivity contribution is 5.98. The van der Waals surface area contributed by atoms with E-state index in [2.05, 4.69) is 45.0 Å². The molecule has 2 aromatic heterocycles. The van der Waals surface area contributed by atoms with Gasteiger partial charge in [0.1, 0.15) is 5.82 Å². The van der Waals surface area contributed by atoms with Crippen LogP contribution in [0.1, 0.15) is 17.5 Å². The maximum absolute atomic E-state index is 13.0. The summed E-state index contributed by atoms with van der Waals surface area (Å²) in [4.78, 5) is 41.7. The molecule has 3 N–H and O–H groups in total. The number of anilines is 3. The number of nitrogens with zero attached hydrogens (tertiary/aromatic N) is 5. The van der Waals surface area contributed by atoms with Crippen molar-refractivity contribution in [3.8, 4) is 11.3 Å². The summed E-state index contributed by atoms with van der Waals surface area (Å²) in [7, 11) is 0. The summed E-state index contributed by atoms with van der Waals surface area (Å²) in [6.45, 7) is 7.50. The summed E-state index contributed by atoms with van der Waals surface area (Å²) in [5, 5.41) is 2.71. The normalized spacial score (nSPS) is 15.4. The van der Waals surface area contributed by atoms with Gasteiger partial charge in [-0.05, 0) is 53.5 Å². The molecule has 3 aromatic rings. The smallest absolute Gasteiger partial charge is 0.247 e. The van der Waals surface area contributed by atoms with E-state index in [1.807, 2.05) is 17.0 Å². The number of ether oxygens (including phenoxy) is 1. The first kappa shape index (κ1) is 26.1. The van der Waals surface area contributed by atoms with E-state index in [1.54, 1.807) is 24.5 Å². The van der Waals surface area contributed by atoms with Gasteiger partial charge in [0.25, 0.3) is 0 Å². The standard InChI is InChI=1S/C29H31N7O3/c1-2-27(37)33-24-5-3-20(4-6-24)15-28(38)36-9-7-21(8-10-36)22-16-25(23-18-31-29(30)32-19-23)34-26(17-22)35-11-13-39-14-12-35/h2-7,16-19H,1,8-15H2,(H,33,37)(H2,30,31,32). The minimum Gasteiger partial charge on any atom is -0.378 e. The second-order valence-corrected chi connectivity index (χ2v) is 9.41. The Labute approximate surface area is 227 Å². The number of rotatable bonds is 7. The third-order valence-electron chi connectivity index (χ3n) is 6.81. The molecule has 0 spiro atoms. The number of carbonyl (C=O) groups excluding carboxylic acids is 2. The minimum absolute atomic E-state index is 0.0663. The first-order valence-corrected chi connectivity index (χ1v) is 12.9. The Balaban J connectivity index is 1.30. The summed E-state index contributed by atoms with van der Waals surface area (Å²) < 4.78 is 5.53. The number of nitrogens with two attached hydrogens (primary N) is 1. The lowest BCUT2D eigenvalue weighted by molar-refractivity contribution is -0.130. The monoisotopic (exact) mass is 525 g/mol. The fourth-order valence-electron chi connectivity index (χ4n) is 4.62. The van der Waals surface area contributed by atoms with Crippen molar-refractivity contribution in [2.45, 2.75) is 12.8 Å². The van der Waals surface area contributed by atoms with Gasteiger partial charge in [-0.3, -0.25) is 9.59 Å². The van der Waals surface area contributed by atoms with Crippen molar-refractivity contribution >= 4 is 34.8 Å². The lowest BCUT2D eigenvalue weighted by Gasteiger charge is -2.30. The van der Waals surface area contributed by atoms with E-state index in [0.29, 0.717) is 38.4 Å². The van der Waals surface area contributed by atoms with Gasteiger partial charge in [0.05, 0.1) is 25.3 Å². The van der Waals surface area contributed by atoms with Gasteiger partial charge in [0, 0.05) is 49.8 Å². The lowest BCUT2D eigenvalue weighted by Crippen LogP contribution is -2.37. The van der Waals surface area contributed by atoms with Crippen LogP contribution in [0.5, 0.6) is 0 Å². The van der Waals surface area contributed by atoms with Crippen LogP contribution in [-0.2, 0) is 20.7 Å². The van der Waals surface area contributed by atoms with Crippen molar-refractivity contribution in [1.29, 1.82) is 0 Å². The van der Waals surface area contributed by atoms with Crippen LogP contribution in [0, 0.1) is 0 Å². The molecule has 0 aliphatic carbocycles. The van der Waals surface area contributed by atoms with Crippen molar-refractivity contribution in [2.24, 2.45) is 0 Å². The van der Waals surface area contributed by atoms with Crippen LogP contribution in [0.25, 0.3) is 16.8 Å². The molecule has 0 atom stereocenters. The third-order valence-corrected chi connectivity index (χ3v) is 6.81. The van der Waals surface area contributed by atoms with Crippen molar-refractivity contribution < 1.29 is 14.3 Å². The van der Waals surface area contributed by atoms with E-state index in [4.69, 9.17) is 15.5 Å². The minimum atomic E-state index is -0.269. The molecule has 200 valence electrons. The Kier molecular flexibility index (Phi) is 7.93. The highest BCUT2D eigenvalue weighted by Crippen LogP contribution is 2.30. The third kappa shape index (κ3) is 6.47. The number of hydrogen-bond donors (Lipinski definition) is 2. The molecule has 0 bridgehead atoms. The number of aromatic nitrogens is 3. The van der Waals surface area contributed by atoms with Crippen molar-refractivity contribution in [3.63, 3.8) is 0 Å². The first-order valence-electron chi connectivity index (χ1n) is 12.9. The summed E-state index contributed by atoms with van der Waals surface area (Å²) in [6, 6.07) is 11.5. The Bertz CT molecular complexity index is 1380. The highest BCUT2D eigenvalue weighted by Gasteiger charge is 2.21. The number of nitrogen functional groups attached to an aromatic ring is 1. The highest BCUT2D eigenvalue weighted by atomic mass is 16.5. The number of morpholine rings is 1. The van der Waals surface area contributed by atoms with Gasteiger partial charge >= 0.3 is 0 Å². The molecule has 10 nitrogen and oxygen atoms in total. The topological polar surface area (TPSA) is 127 Å². The quantitative estimate of drug-likeness (QED) is 0.451. The fourth-order valence-corrected chi connectivity index (χ4v) is 4.62. The van der Waals surface area contributed by atoms with Gasteiger partial charge in [0.2, 0.25) is 17.8 Å². The maximum atomic E-state index is 13.0. The van der Waals surface area contributed by atoms with Gasteiger partial charge in [-0.25, -0.2) is 15.0 Å². The zero-order chi connectivity index (χ0) is 27.2. The Hall–Kier alpha value is -4.57. The van der Waals surface area contributed by atoms with Crippen LogP contribution in [0.2, 0.25) is 0 Å². The molecule has 2 amide bonds. The maximum Gasteiger partial charge on any atom is 0.247 e. The SMILES string of the molecule is C=CC(=O)Nc1ccc(CC(=O)N2CC=C(c3cc(-c4cnc(N)nc4)nc(N4CCOCC4)c3)CC2)cc1. The second kappa shape index (κ2) is 11.9. The first-order chi connectivity index (χ1) is 19.0. The Morgan fingerprint density at radius 1 is 1.05 bits per heavy atom. The molecule has 2 aliphatic heterocycles. The zero-order valence-electron chi connectivity index (χ0n) is 21.7. The van der Waals surface area contributed by atoms with Crippen LogP contribution in [0.4, 0.5) is 17.5 Å². The van der Waals surface area contributed by atoms with Crippen molar-refractivity contribution in [3.05, 3.63) is 78.6 Å². The summed E-state index contributed by atoms with van der Waals surface area (Å²) in [5.74, 6) is 0.903. The van der Waals surface area contributed by atoms with E-state index in [1.165, 1.54) is 11.6 Å². The van der Waals surface area contributed by atoms with Gasteiger partial charge in [-0.2, -0.15) is 0 Å². The molecule has 1 saturated heterocycles. The lowest BCUT2D eigenvalue weighted by atomic mass is 9.98. The molecule has 4 heterocycles. The van der Waals surface area contributed by atoms with Gasteiger partial charge in [0.15, 0.2) is 0 Å². The molecule has 0 saturated carbocycles. The fraction of sp³-hybridized carbons (Fsp3) is 0.276. The predicted octanol–water partition coefficient (Wildman–Crippen LogP) is 2.94. The van der Waals surface area contributed by atoms with E-state index in [9.17, 15) is 9.59 Å². The number of amides is 2. The van der Waals surface area contributed by atoms with Gasteiger partial charge in [-0.1, -0.05) is 24.8 Å². The zero-order valence-corrected chi connectivity index (χ0v) is 21.7. The van der Waals surface area contributed by atoms with E-state index in [0.717, 1.165) is 47.7 Å². The average Bonchev–Trinajstić information content (AvgIpc) is 2.98. The number of hydrogen-bond acceptors (Lipinski definition) is 8. The Morgan fingerprint density at radius 2 is 1.79 bits per heavy atom. The number of nitrogens with one attached hydrogen (secondary N) is 1. The molecule has 2 aliphatic rings. The van der Waals surface area contributed by atoms with Gasteiger partial charge < -0.3 is 25.6 Å². The van der Waals surface area contributed by atoms with Crippen LogP contribution in [0.15, 0.2) is 67.5 Å². The van der Waals surface area contributed by atoms with Gasteiger partial charge in [-0.15, -0.1) is 0 Å². The molecular weight excluding hydrogens is 494 g/mol. The molecule has 1 fully saturated rings. The average molecular weight is 526 g/mol.